The molecule has 0 aromatic carbocycles. The van der Waals surface area contributed by atoms with E-state index in [0.717, 1.165) is 0 Å². The molecule has 0 rings (SSSR count). The third-order valence-electron chi connectivity index (χ3n) is 0. The summed E-state index contributed by atoms with van der Waals surface area (Å²) in [5.41, 5.74) is 0. The molecule has 0 spiro atoms. The molecule has 0 bridgehead atoms. The molecule has 4 radical (unpaired) electrons. The summed E-state index contributed by atoms with van der Waals surface area (Å²) in [7, 11) is 0. The molecule has 3 N–H and O–H groups in total. The maximum absolute atomic E-state index is 0. The van der Waals surface area contributed by atoms with Gasteiger partial charge in [0.2, 0.25) is 0 Å². The van der Waals surface area contributed by atoms with Gasteiger partial charge in [0, 0.05) is 23.9 Å². The van der Waals surface area contributed by atoms with Crippen molar-refractivity contribution in [3.8, 4) is 0 Å². The molecule has 2 nitrogen and oxygen atoms in total. The Morgan fingerprint density at radius 3 is 1.00 bits per heavy atom. The van der Waals surface area contributed by atoms with Gasteiger partial charge in [0.05, 0.1) is 0 Å². The topological polar surface area (TPSA) is 61.5 Å². The van der Waals surface area contributed by atoms with Crippen LogP contribution in [0.2, 0.25) is 0 Å². The molecule has 0 heterocycles. The standard InChI is InChI=1S/Na.2H2O.Sn/h;2*1H2;/q+1;;;/p-1. The Hall–Kier alpha value is 1.72. The second kappa shape index (κ2) is 22.1. The van der Waals surface area contributed by atoms with Gasteiger partial charge >= 0.3 is 29.6 Å². The Morgan fingerprint density at radius 1 is 1.00 bits per heavy atom. The second-order valence-electron chi connectivity index (χ2n) is 0. The number of hydrogen-bond donors (Lipinski definition) is 0. The molecule has 0 saturated carbocycles. The zero-order valence-electron chi connectivity index (χ0n) is 2.45. The molecular weight excluding hydrogens is 174 g/mol. The Bertz CT molecular complexity index is 6.00. The van der Waals surface area contributed by atoms with Crippen LogP contribution in [0.4, 0.5) is 0 Å². The molecule has 0 aliphatic heterocycles. The van der Waals surface area contributed by atoms with Crippen molar-refractivity contribution in [2.24, 2.45) is 0 Å². The minimum absolute atomic E-state index is 0. The van der Waals surface area contributed by atoms with Crippen LogP contribution in [0.15, 0.2) is 0 Å². The van der Waals surface area contributed by atoms with Crippen LogP contribution in [0, 0.1) is 0 Å². The van der Waals surface area contributed by atoms with E-state index in [1.807, 2.05) is 0 Å². The van der Waals surface area contributed by atoms with E-state index in [0.29, 0.717) is 0 Å². The molecule has 0 atom stereocenters. The van der Waals surface area contributed by atoms with Gasteiger partial charge in [-0.3, -0.25) is 0 Å². The summed E-state index contributed by atoms with van der Waals surface area (Å²) in [6.45, 7) is 0. The quantitative estimate of drug-likeness (QED) is 0.344. The third kappa shape index (κ3) is 9.30. The zero-order chi connectivity index (χ0) is 0. The van der Waals surface area contributed by atoms with Crippen LogP contribution in [0.5, 0.6) is 0 Å². The average molecular weight is 177 g/mol. The summed E-state index contributed by atoms with van der Waals surface area (Å²) in [5, 5.41) is 0. The largest absolute Gasteiger partial charge is 1.00 e. The fraction of sp³-hybridized carbons (Fsp3) is 0. The summed E-state index contributed by atoms with van der Waals surface area (Å²) < 4.78 is 0. The molecule has 20 valence electrons. The number of hydrogen-bond acceptors (Lipinski definition) is 1. The predicted octanol–water partition coefficient (Wildman–Crippen LogP) is -4.38. The SMILES string of the molecule is O.[Na+].[OH-].[Sn]. The fourth-order valence-corrected chi connectivity index (χ4v) is 0. The van der Waals surface area contributed by atoms with Gasteiger partial charge in [-0.2, -0.15) is 0 Å². The maximum Gasteiger partial charge on any atom is 1.00 e. The van der Waals surface area contributed by atoms with Crippen molar-refractivity contribution in [2.75, 3.05) is 0 Å². The normalized spacial score (nSPS) is 0. The van der Waals surface area contributed by atoms with Crippen LogP contribution < -0.4 is 29.6 Å². The van der Waals surface area contributed by atoms with Gasteiger partial charge in [-0.15, -0.1) is 0 Å². The first-order valence-electron chi connectivity index (χ1n) is 0. The van der Waals surface area contributed by atoms with E-state index in [1.165, 1.54) is 0 Å². The molecule has 0 aliphatic carbocycles. The Morgan fingerprint density at radius 2 is 1.00 bits per heavy atom. The minimum atomic E-state index is 0. The number of rotatable bonds is 0. The summed E-state index contributed by atoms with van der Waals surface area (Å²) in [6.07, 6.45) is 0. The van der Waals surface area contributed by atoms with E-state index in [-0.39, 0.29) is 64.4 Å². The van der Waals surface area contributed by atoms with Crippen molar-refractivity contribution >= 4 is 23.9 Å². The van der Waals surface area contributed by atoms with Gasteiger partial charge in [0.25, 0.3) is 0 Å². The van der Waals surface area contributed by atoms with Crippen molar-refractivity contribution in [3.63, 3.8) is 0 Å². The molecule has 0 fully saturated rings. The van der Waals surface area contributed by atoms with Gasteiger partial charge in [-0.1, -0.05) is 0 Å². The van der Waals surface area contributed by atoms with Crippen molar-refractivity contribution in [1.82, 2.24) is 0 Å². The first kappa shape index (κ1) is 43.1. The molecular formula is H3NaO2Sn. The first-order valence-corrected chi connectivity index (χ1v) is 0. The van der Waals surface area contributed by atoms with E-state index < -0.39 is 0 Å². The van der Waals surface area contributed by atoms with E-state index in [9.17, 15) is 0 Å². The predicted molar refractivity (Wildman–Crippen MR) is 11.3 cm³/mol. The molecule has 0 saturated heterocycles. The van der Waals surface area contributed by atoms with Gasteiger partial charge in [-0.05, 0) is 0 Å². The van der Waals surface area contributed by atoms with Crippen LogP contribution in [-0.2, 0) is 0 Å². The van der Waals surface area contributed by atoms with Crippen LogP contribution in [0.25, 0.3) is 0 Å². The Balaban J connectivity index is 0. The van der Waals surface area contributed by atoms with Crippen LogP contribution in [0.3, 0.4) is 0 Å². The van der Waals surface area contributed by atoms with Gasteiger partial charge in [0.1, 0.15) is 0 Å². The van der Waals surface area contributed by atoms with E-state index in [2.05, 4.69) is 0 Å². The zero-order valence-corrected chi connectivity index (χ0v) is 7.30. The minimum Gasteiger partial charge on any atom is -0.870 e. The molecule has 0 unspecified atom stereocenters. The van der Waals surface area contributed by atoms with Crippen LogP contribution in [0.1, 0.15) is 0 Å². The monoisotopic (exact) mass is 178 g/mol. The Kier molecular flexibility index (Phi) is 238. The summed E-state index contributed by atoms with van der Waals surface area (Å²) in [4.78, 5) is 0. The summed E-state index contributed by atoms with van der Waals surface area (Å²) >= 11 is 0. The van der Waals surface area contributed by atoms with E-state index in [4.69, 9.17) is 0 Å². The van der Waals surface area contributed by atoms with Crippen LogP contribution in [-0.4, -0.2) is 34.9 Å². The first-order chi connectivity index (χ1) is 0. The van der Waals surface area contributed by atoms with Gasteiger partial charge in [-0.25, -0.2) is 0 Å². The fourth-order valence-electron chi connectivity index (χ4n) is 0. The van der Waals surface area contributed by atoms with Crippen molar-refractivity contribution in [1.29, 1.82) is 0 Å². The Labute approximate surface area is 63.8 Å². The van der Waals surface area contributed by atoms with Crippen LogP contribution >= 0.6 is 0 Å². The van der Waals surface area contributed by atoms with Crippen molar-refractivity contribution in [2.45, 2.75) is 0 Å². The molecule has 0 aromatic heterocycles. The van der Waals surface area contributed by atoms with Crippen molar-refractivity contribution < 1.29 is 40.5 Å². The molecule has 0 amide bonds. The molecule has 0 aliphatic rings. The van der Waals surface area contributed by atoms with Crippen molar-refractivity contribution in [3.05, 3.63) is 0 Å². The smallest absolute Gasteiger partial charge is 0.870 e. The third-order valence-corrected chi connectivity index (χ3v) is 0. The van der Waals surface area contributed by atoms with E-state index >= 15 is 0 Å². The maximum atomic E-state index is 0. The summed E-state index contributed by atoms with van der Waals surface area (Å²) in [5.74, 6) is 0. The second-order valence-corrected chi connectivity index (χ2v) is 0. The molecule has 0 aromatic rings. The van der Waals surface area contributed by atoms with Gasteiger partial charge < -0.3 is 11.0 Å². The molecule has 4 heteroatoms. The molecule has 4 heavy (non-hydrogen) atoms. The van der Waals surface area contributed by atoms with Gasteiger partial charge in [0.15, 0.2) is 0 Å². The summed E-state index contributed by atoms with van der Waals surface area (Å²) in [6, 6.07) is 0. The van der Waals surface area contributed by atoms with E-state index in [1.54, 1.807) is 0 Å². The average Bonchev–Trinajstić information content (AvgIpc) is 0.